The molecule has 0 aliphatic carbocycles. The van der Waals surface area contributed by atoms with E-state index in [0.717, 1.165) is 7.28 Å². The van der Waals surface area contributed by atoms with Crippen molar-refractivity contribution in [2.24, 2.45) is 0 Å². The first-order valence-electron chi connectivity index (χ1n) is 2.82. The van der Waals surface area contributed by atoms with Gasteiger partial charge >= 0.3 is 0 Å². The lowest BCUT2D eigenvalue weighted by Crippen LogP contribution is -2.09. The van der Waals surface area contributed by atoms with Gasteiger partial charge in [0.1, 0.15) is 0 Å². The van der Waals surface area contributed by atoms with Gasteiger partial charge in [0.2, 0.25) is 0 Å². The van der Waals surface area contributed by atoms with Crippen LogP contribution in [0.4, 0.5) is 0 Å². The fourth-order valence-electron chi connectivity index (χ4n) is 0.607. The van der Waals surface area contributed by atoms with Crippen LogP contribution in [0.25, 0.3) is 0 Å². The molecule has 0 amide bonds. The monoisotopic (exact) mass is 105 g/mol. The average molecular weight is 105 g/mol. The number of rotatable bonds is 1. The van der Waals surface area contributed by atoms with Gasteiger partial charge in [0.25, 0.3) is 0 Å². The summed E-state index contributed by atoms with van der Waals surface area (Å²) in [5.41, 5.74) is 1.30. The van der Waals surface area contributed by atoms with E-state index >= 15 is 0 Å². The van der Waals surface area contributed by atoms with E-state index in [2.05, 4.69) is 17.9 Å². The second-order valence-electron chi connectivity index (χ2n) is 1.71. The number of aromatic nitrogens is 1. The van der Waals surface area contributed by atoms with Gasteiger partial charge in [-0.3, -0.25) is 4.98 Å². The van der Waals surface area contributed by atoms with Crippen molar-refractivity contribution in [1.29, 1.82) is 0 Å². The van der Waals surface area contributed by atoms with Crippen LogP contribution >= 0.6 is 0 Å². The fourth-order valence-corrected chi connectivity index (χ4v) is 0.607. The molecule has 8 heavy (non-hydrogen) atoms. The summed E-state index contributed by atoms with van der Waals surface area (Å²) >= 11 is 0. The van der Waals surface area contributed by atoms with Crippen molar-refractivity contribution in [3.8, 4) is 0 Å². The van der Waals surface area contributed by atoms with Crippen molar-refractivity contribution in [1.82, 2.24) is 4.98 Å². The molecule has 1 aromatic heterocycles. The summed E-state index contributed by atoms with van der Waals surface area (Å²) in [6.07, 6.45) is 3.68. The highest BCUT2D eigenvalue weighted by atomic mass is 14.6. The van der Waals surface area contributed by atoms with Gasteiger partial charge < -0.3 is 0 Å². The maximum atomic E-state index is 3.96. The number of hydrogen-bond acceptors (Lipinski definition) is 1. The molecular formula is C6H8BN. The zero-order valence-electron chi connectivity index (χ0n) is 4.96. The molecule has 1 heterocycles. The van der Waals surface area contributed by atoms with E-state index < -0.39 is 0 Å². The summed E-state index contributed by atoms with van der Waals surface area (Å²) in [6, 6.07) is 4.03. The number of hydrogen-bond donors (Lipinski definition) is 0. The second kappa shape index (κ2) is 2.50. The van der Waals surface area contributed by atoms with Crippen LogP contribution in [-0.2, 0) is 0 Å². The molecule has 1 aromatic rings. The minimum atomic E-state index is 1.08. The molecule has 40 valence electrons. The molecule has 0 bridgehead atoms. The minimum absolute atomic E-state index is 1.08. The van der Waals surface area contributed by atoms with Gasteiger partial charge in [0.05, 0.1) is 0 Å². The Hall–Kier alpha value is -0.785. The molecule has 0 aliphatic heterocycles. The largest absolute Gasteiger partial charge is 0.265 e. The first-order valence-corrected chi connectivity index (χ1v) is 2.82. The van der Waals surface area contributed by atoms with Crippen LogP contribution in [0, 0.1) is 0 Å². The standard InChI is InChI=1S/C6H8BN/c1-7-6-3-2-4-8-5-6/h2-5,7H,1H3. The predicted molar refractivity (Wildman–Crippen MR) is 36.9 cm³/mol. The summed E-state index contributed by atoms with van der Waals surface area (Å²) in [5, 5.41) is 0. The molecule has 0 saturated carbocycles. The lowest BCUT2D eigenvalue weighted by Gasteiger charge is -1.87. The van der Waals surface area contributed by atoms with E-state index in [1.54, 1.807) is 6.20 Å². The van der Waals surface area contributed by atoms with E-state index in [9.17, 15) is 0 Å². The Bertz CT molecular complexity index is 150. The van der Waals surface area contributed by atoms with Gasteiger partial charge in [-0.2, -0.15) is 0 Å². The van der Waals surface area contributed by atoms with Crippen molar-refractivity contribution in [3.05, 3.63) is 24.5 Å². The Labute approximate surface area is 50.0 Å². The molecular weight excluding hydrogens is 96.9 g/mol. The van der Waals surface area contributed by atoms with Crippen molar-refractivity contribution >= 4 is 12.7 Å². The first-order chi connectivity index (χ1) is 3.93. The summed E-state index contributed by atoms with van der Waals surface area (Å²) in [5.74, 6) is 0. The molecule has 0 fully saturated rings. The maximum absolute atomic E-state index is 3.96. The SMILES string of the molecule is CBc1cccnc1. The van der Waals surface area contributed by atoms with Crippen molar-refractivity contribution in [2.45, 2.75) is 6.82 Å². The summed E-state index contributed by atoms with van der Waals surface area (Å²) in [4.78, 5) is 3.96. The van der Waals surface area contributed by atoms with Gasteiger partial charge in [0.15, 0.2) is 7.28 Å². The molecule has 1 nitrogen and oxygen atoms in total. The third-order valence-electron chi connectivity index (χ3n) is 1.13. The maximum Gasteiger partial charge on any atom is 0.156 e. The van der Waals surface area contributed by atoms with Gasteiger partial charge in [-0.15, -0.1) is 0 Å². The van der Waals surface area contributed by atoms with E-state index in [1.807, 2.05) is 12.3 Å². The van der Waals surface area contributed by atoms with Crippen molar-refractivity contribution in [2.75, 3.05) is 0 Å². The van der Waals surface area contributed by atoms with Crippen LogP contribution in [0.1, 0.15) is 0 Å². The predicted octanol–water partition coefficient (Wildman–Crippen LogP) is 0.191. The van der Waals surface area contributed by atoms with Crippen molar-refractivity contribution < 1.29 is 0 Å². The fraction of sp³-hybridized carbons (Fsp3) is 0.167. The molecule has 0 spiro atoms. The van der Waals surface area contributed by atoms with E-state index in [0.29, 0.717) is 0 Å². The lowest BCUT2D eigenvalue weighted by atomic mass is 9.74. The van der Waals surface area contributed by atoms with Gasteiger partial charge in [0, 0.05) is 12.4 Å². The molecule has 0 atom stereocenters. The number of nitrogens with zero attached hydrogens (tertiary/aromatic N) is 1. The third-order valence-corrected chi connectivity index (χ3v) is 1.13. The Balaban J connectivity index is 2.83. The van der Waals surface area contributed by atoms with Crippen molar-refractivity contribution in [3.63, 3.8) is 0 Å². The first kappa shape index (κ1) is 5.35. The molecule has 1 rings (SSSR count). The molecule has 2 heteroatoms. The smallest absolute Gasteiger partial charge is 0.156 e. The van der Waals surface area contributed by atoms with Gasteiger partial charge in [-0.25, -0.2) is 0 Å². The van der Waals surface area contributed by atoms with Crippen LogP contribution in [0.2, 0.25) is 6.82 Å². The van der Waals surface area contributed by atoms with E-state index in [4.69, 9.17) is 0 Å². The lowest BCUT2D eigenvalue weighted by molar-refractivity contribution is 1.35. The number of pyridine rings is 1. The summed E-state index contributed by atoms with van der Waals surface area (Å²) < 4.78 is 0. The Morgan fingerprint density at radius 2 is 2.50 bits per heavy atom. The summed E-state index contributed by atoms with van der Waals surface area (Å²) in [6.45, 7) is 2.12. The summed E-state index contributed by atoms with van der Waals surface area (Å²) in [7, 11) is 1.08. The highest BCUT2D eigenvalue weighted by Gasteiger charge is 1.83. The van der Waals surface area contributed by atoms with Crippen LogP contribution in [-0.4, -0.2) is 12.3 Å². The quantitative estimate of drug-likeness (QED) is 0.464. The minimum Gasteiger partial charge on any atom is -0.265 e. The van der Waals surface area contributed by atoms with Gasteiger partial charge in [-0.1, -0.05) is 18.4 Å². The van der Waals surface area contributed by atoms with Crippen LogP contribution in [0.5, 0.6) is 0 Å². The zero-order valence-corrected chi connectivity index (χ0v) is 4.96. The van der Waals surface area contributed by atoms with Crippen LogP contribution in [0.3, 0.4) is 0 Å². The topological polar surface area (TPSA) is 12.9 Å². The average Bonchev–Trinajstić information content (AvgIpc) is 1.90. The van der Waals surface area contributed by atoms with Crippen LogP contribution in [0.15, 0.2) is 24.5 Å². The Morgan fingerprint density at radius 1 is 1.62 bits per heavy atom. The third kappa shape index (κ3) is 1.09. The molecule has 0 aromatic carbocycles. The molecule has 0 radical (unpaired) electrons. The highest BCUT2D eigenvalue weighted by molar-refractivity contribution is 6.51. The molecule has 0 unspecified atom stereocenters. The molecule has 0 N–H and O–H groups in total. The molecule has 0 aliphatic rings. The Kier molecular flexibility index (Phi) is 1.68. The van der Waals surface area contributed by atoms with E-state index in [-0.39, 0.29) is 0 Å². The van der Waals surface area contributed by atoms with Crippen LogP contribution < -0.4 is 5.46 Å². The second-order valence-corrected chi connectivity index (χ2v) is 1.71. The highest BCUT2D eigenvalue weighted by Crippen LogP contribution is 1.73. The zero-order chi connectivity index (χ0) is 5.82. The molecule has 0 saturated heterocycles. The van der Waals surface area contributed by atoms with Gasteiger partial charge in [-0.05, 0) is 6.07 Å². The Morgan fingerprint density at radius 3 is 2.88 bits per heavy atom. The normalized spacial score (nSPS) is 8.62. The van der Waals surface area contributed by atoms with E-state index in [1.165, 1.54) is 5.46 Å².